The molecule has 0 amide bonds. The van der Waals surface area contributed by atoms with Gasteiger partial charge in [-0.05, 0) is 30.7 Å². The zero-order chi connectivity index (χ0) is 29.5. The van der Waals surface area contributed by atoms with Gasteiger partial charge < -0.3 is 15.3 Å². The molecule has 2 saturated heterocycles. The molecule has 1 aliphatic carbocycles. The van der Waals surface area contributed by atoms with E-state index >= 15 is 0 Å². The number of hydrogen-bond donors (Lipinski definition) is 2. The first-order chi connectivity index (χ1) is 18.5. The maximum Gasteiger partial charge on any atom is 0.421 e. The lowest BCUT2D eigenvalue weighted by Gasteiger charge is -2.45. The fraction of sp³-hybridized carbons (Fsp3) is 0.560. The predicted molar refractivity (Wildman–Crippen MR) is 142 cm³/mol. The van der Waals surface area contributed by atoms with Crippen LogP contribution in [0.2, 0.25) is 0 Å². The maximum atomic E-state index is 13.5. The molecule has 1 unspecified atom stereocenters. The van der Waals surface area contributed by atoms with Crippen LogP contribution in [0.15, 0.2) is 47.4 Å². The largest absolute Gasteiger partial charge is 0.421 e. The first kappa shape index (κ1) is 30.9. The summed E-state index contributed by atoms with van der Waals surface area (Å²) in [5.41, 5.74) is -2.99. The van der Waals surface area contributed by atoms with Gasteiger partial charge in [0.05, 0.1) is 10.9 Å². The summed E-state index contributed by atoms with van der Waals surface area (Å²) < 4.78 is 108. The van der Waals surface area contributed by atoms with Gasteiger partial charge in [-0.15, -0.1) is 0 Å². The second kappa shape index (κ2) is 11.3. The fourth-order valence-electron chi connectivity index (χ4n) is 5.07. The molecule has 0 saturated carbocycles. The number of nitrogens with one attached hydrogen (secondary N) is 1. The van der Waals surface area contributed by atoms with Crippen LogP contribution < -0.4 is 10.2 Å². The summed E-state index contributed by atoms with van der Waals surface area (Å²) >= 11 is 5.26. The minimum atomic E-state index is -4.90. The van der Waals surface area contributed by atoms with E-state index < -0.39 is 40.1 Å². The normalized spacial score (nSPS) is 25.6. The van der Waals surface area contributed by atoms with Crippen molar-refractivity contribution in [2.24, 2.45) is 0 Å². The summed E-state index contributed by atoms with van der Waals surface area (Å²) in [6, 6.07) is 2.73. The van der Waals surface area contributed by atoms with E-state index in [1.54, 1.807) is 22.0 Å². The number of halogens is 6. The molecule has 1 aromatic carbocycles. The molecule has 2 heterocycles. The monoisotopic (exact) mass is 612 g/mol. The fourth-order valence-corrected chi connectivity index (χ4v) is 7.14. The molecule has 3 atom stereocenters. The number of anilines is 1. The molecule has 7 nitrogen and oxygen atoms in total. The summed E-state index contributed by atoms with van der Waals surface area (Å²) in [5, 5.41) is 12.5. The summed E-state index contributed by atoms with van der Waals surface area (Å²) in [4.78, 5) is 3.67. The van der Waals surface area contributed by atoms with Crippen molar-refractivity contribution in [2.45, 2.75) is 43.4 Å². The van der Waals surface area contributed by atoms with Crippen molar-refractivity contribution in [2.75, 3.05) is 50.7 Å². The molecule has 2 aliphatic heterocycles. The van der Waals surface area contributed by atoms with E-state index in [0.29, 0.717) is 25.6 Å². The molecule has 1 aromatic rings. The number of thiocarbonyl (C=S) groups is 1. The summed E-state index contributed by atoms with van der Waals surface area (Å²) in [5.74, 6) is 0. The van der Waals surface area contributed by atoms with Gasteiger partial charge in [0, 0.05) is 62.8 Å². The standard InChI is InChI=1S/C25H30F6N4O3S2/c1-23(36,25(29,30)31)17-6-8-18(9-7-17)35-13-12-34(40(37,38)21-5-3-2-4-20(21)39)15-19(35)14-33-11-10-32-22(16-33)24(26,27)28/h2-3,5-9,19,22,32,36H,4,10-16H2,1H3/t19-,22+,23?/m0/s1. The zero-order valence-corrected chi connectivity index (χ0v) is 23.2. The minimum Gasteiger partial charge on any atom is -0.376 e. The van der Waals surface area contributed by atoms with E-state index in [9.17, 15) is 39.9 Å². The van der Waals surface area contributed by atoms with Gasteiger partial charge in [0.25, 0.3) is 0 Å². The third-order valence-corrected chi connectivity index (χ3v) is 9.93. The highest BCUT2D eigenvalue weighted by Crippen LogP contribution is 2.39. The number of sulfonamides is 1. The summed E-state index contributed by atoms with van der Waals surface area (Å²) in [7, 11) is -3.98. The summed E-state index contributed by atoms with van der Waals surface area (Å²) in [6.45, 7) is 0.926. The molecular formula is C25H30F6N4O3S2. The molecule has 2 fully saturated rings. The molecule has 0 radical (unpaired) electrons. The van der Waals surface area contributed by atoms with Crippen LogP contribution >= 0.6 is 12.2 Å². The molecule has 0 spiro atoms. The number of piperazine rings is 2. The maximum absolute atomic E-state index is 13.5. The Morgan fingerprint density at radius 3 is 2.33 bits per heavy atom. The van der Waals surface area contributed by atoms with Crippen LogP contribution in [0.5, 0.6) is 0 Å². The van der Waals surface area contributed by atoms with Gasteiger partial charge >= 0.3 is 12.4 Å². The Bertz CT molecular complexity index is 1260. The lowest BCUT2D eigenvalue weighted by atomic mass is 9.95. The molecule has 0 bridgehead atoms. The molecule has 15 heteroatoms. The molecule has 4 rings (SSSR count). The quantitative estimate of drug-likeness (QED) is 0.377. The summed E-state index contributed by atoms with van der Waals surface area (Å²) in [6.07, 6.45) is -4.29. The minimum absolute atomic E-state index is 0.00948. The highest BCUT2D eigenvalue weighted by Gasteiger charge is 2.51. The molecule has 222 valence electrons. The number of allylic oxidation sites excluding steroid dienone is 4. The van der Waals surface area contributed by atoms with Crippen LogP contribution in [0.1, 0.15) is 18.9 Å². The van der Waals surface area contributed by atoms with Crippen molar-refractivity contribution in [1.29, 1.82) is 0 Å². The lowest BCUT2D eigenvalue weighted by Crippen LogP contribution is -2.62. The van der Waals surface area contributed by atoms with E-state index in [1.807, 2.05) is 0 Å². The van der Waals surface area contributed by atoms with Crippen LogP contribution in [-0.2, 0) is 15.6 Å². The smallest absolute Gasteiger partial charge is 0.376 e. The molecular weight excluding hydrogens is 582 g/mol. The highest BCUT2D eigenvalue weighted by atomic mass is 32.2. The number of aliphatic hydroxyl groups is 1. The Balaban J connectivity index is 1.61. The van der Waals surface area contributed by atoms with Gasteiger partial charge in [-0.25, -0.2) is 8.42 Å². The Hall–Kier alpha value is -2.04. The highest BCUT2D eigenvalue weighted by molar-refractivity contribution is 7.96. The van der Waals surface area contributed by atoms with Crippen LogP contribution in [0, 0.1) is 0 Å². The molecule has 40 heavy (non-hydrogen) atoms. The van der Waals surface area contributed by atoms with Crippen LogP contribution in [-0.4, -0.2) is 97.8 Å². The van der Waals surface area contributed by atoms with Crippen molar-refractivity contribution in [3.8, 4) is 0 Å². The van der Waals surface area contributed by atoms with Gasteiger partial charge in [0.1, 0.15) is 6.04 Å². The molecule has 2 N–H and O–H groups in total. The Kier molecular flexibility index (Phi) is 8.75. The van der Waals surface area contributed by atoms with Gasteiger partial charge in [-0.1, -0.05) is 36.5 Å². The van der Waals surface area contributed by atoms with Crippen LogP contribution in [0.4, 0.5) is 32.0 Å². The van der Waals surface area contributed by atoms with E-state index in [-0.39, 0.29) is 54.6 Å². The Morgan fingerprint density at radius 2 is 1.73 bits per heavy atom. The van der Waals surface area contributed by atoms with Gasteiger partial charge in [0.15, 0.2) is 5.60 Å². The number of nitrogens with zero attached hydrogens (tertiary/aromatic N) is 3. The predicted octanol–water partition coefficient (Wildman–Crippen LogP) is 3.33. The van der Waals surface area contributed by atoms with Crippen molar-refractivity contribution in [3.05, 3.63) is 53.0 Å². The first-order valence-corrected chi connectivity index (χ1v) is 14.5. The number of alkyl halides is 6. The van der Waals surface area contributed by atoms with Crippen molar-refractivity contribution in [3.63, 3.8) is 0 Å². The topological polar surface area (TPSA) is 76.1 Å². The number of rotatable bonds is 6. The van der Waals surface area contributed by atoms with E-state index in [4.69, 9.17) is 12.2 Å². The van der Waals surface area contributed by atoms with E-state index in [2.05, 4.69) is 5.32 Å². The lowest BCUT2D eigenvalue weighted by molar-refractivity contribution is -0.258. The van der Waals surface area contributed by atoms with Gasteiger partial charge in [-0.3, -0.25) is 4.90 Å². The Labute approximate surface area is 234 Å². The van der Waals surface area contributed by atoms with Gasteiger partial charge in [-0.2, -0.15) is 30.6 Å². The molecule has 3 aliphatic rings. The van der Waals surface area contributed by atoms with Crippen molar-refractivity contribution in [1.82, 2.24) is 14.5 Å². The second-order valence-electron chi connectivity index (χ2n) is 10.2. The Morgan fingerprint density at radius 1 is 1.05 bits per heavy atom. The van der Waals surface area contributed by atoms with Crippen LogP contribution in [0.25, 0.3) is 0 Å². The van der Waals surface area contributed by atoms with E-state index in [0.717, 1.165) is 12.1 Å². The average molecular weight is 613 g/mol. The molecule has 0 aromatic heterocycles. The number of benzene rings is 1. The van der Waals surface area contributed by atoms with E-state index in [1.165, 1.54) is 22.5 Å². The SMILES string of the molecule is CC(O)(c1ccc(N2CCN(S(=O)(=O)C3=CC=CCC3=S)C[C@@H]2CN2CCN[C@@H](C(F)(F)F)C2)cc1)C(F)(F)F. The third-order valence-electron chi connectivity index (χ3n) is 7.46. The van der Waals surface area contributed by atoms with Crippen molar-refractivity contribution >= 4 is 32.8 Å². The van der Waals surface area contributed by atoms with Crippen molar-refractivity contribution < 1.29 is 39.9 Å². The average Bonchev–Trinajstić information content (AvgIpc) is 2.88. The number of hydrogen-bond acceptors (Lipinski definition) is 7. The zero-order valence-electron chi connectivity index (χ0n) is 21.5. The third kappa shape index (κ3) is 6.39. The van der Waals surface area contributed by atoms with Gasteiger partial charge in [0.2, 0.25) is 10.0 Å². The second-order valence-corrected chi connectivity index (χ2v) is 12.6. The van der Waals surface area contributed by atoms with Crippen LogP contribution in [0.3, 0.4) is 0 Å². The first-order valence-electron chi connectivity index (χ1n) is 12.6.